The molecule has 0 saturated heterocycles. The summed E-state index contributed by atoms with van der Waals surface area (Å²) in [6, 6.07) is 10.2. The van der Waals surface area contributed by atoms with Gasteiger partial charge in [0.05, 0.1) is 5.69 Å². The van der Waals surface area contributed by atoms with Gasteiger partial charge in [0.15, 0.2) is 0 Å². The molecule has 0 bridgehead atoms. The standard InChI is InChI=1S/C18H22N2O3S2/c1-20(25(22,23)17-8-5-13-24-17)16-11-9-14(10-12-16)18(21)19-15-6-3-2-4-7-15/h5,8-13,15H,2-4,6-7H2,1H3,(H,19,21). The highest BCUT2D eigenvalue weighted by Gasteiger charge is 2.22. The molecule has 0 spiro atoms. The quantitative estimate of drug-likeness (QED) is 0.864. The van der Waals surface area contributed by atoms with E-state index in [-0.39, 0.29) is 11.9 Å². The Morgan fingerprint density at radius 2 is 1.80 bits per heavy atom. The van der Waals surface area contributed by atoms with E-state index in [9.17, 15) is 13.2 Å². The smallest absolute Gasteiger partial charge is 0.273 e. The zero-order valence-corrected chi connectivity index (χ0v) is 15.8. The highest BCUT2D eigenvalue weighted by molar-refractivity contribution is 7.94. The number of thiophene rings is 1. The molecule has 1 saturated carbocycles. The number of hydrogen-bond donors (Lipinski definition) is 1. The Labute approximate surface area is 152 Å². The van der Waals surface area contributed by atoms with Crippen molar-refractivity contribution in [1.82, 2.24) is 5.32 Å². The van der Waals surface area contributed by atoms with Crippen molar-refractivity contribution in [3.63, 3.8) is 0 Å². The molecule has 1 amide bonds. The van der Waals surface area contributed by atoms with Crippen LogP contribution < -0.4 is 9.62 Å². The van der Waals surface area contributed by atoms with Crippen LogP contribution in [0.3, 0.4) is 0 Å². The van der Waals surface area contributed by atoms with Crippen molar-refractivity contribution >= 4 is 33.0 Å². The molecule has 1 fully saturated rings. The van der Waals surface area contributed by atoms with Crippen LogP contribution >= 0.6 is 11.3 Å². The zero-order valence-electron chi connectivity index (χ0n) is 14.1. The van der Waals surface area contributed by atoms with E-state index in [1.807, 2.05) is 0 Å². The number of benzene rings is 1. The van der Waals surface area contributed by atoms with Crippen molar-refractivity contribution < 1.29 is 13.2 Å². The van der Waals surface area contributed by atoms with Gasteiger partial charge in [-0.05, 0) is 48.6 Å². The Bertz CT molecular complexity index is 809. The fraction of sp³-hybridized carbons (Fsp3) is 0.389. The molecule has 2 aromatic rings. The third-order valence-electron chi connectivity index (χ3n) is 4.54. The molecular formula is C18H22N2O3S2. The first kappa shape index (κ1) is 17.9. The number of anilines is 1. The second kappa shape index (κ2) is 7.58. The van der Waals surface area contributed by atoms with Crippen LogP contribution in [0.4, 0.5) is 5.69 Å². The lowest BCUT2D eigenvalue weighted by Crippen LogP contribution is -2.36. The number of hydrogen-bond acceptors (Lipinski definition) is 4. The molecule has 7 heteroatoms. The predicted molar refractivity (Wildman–Crippen MR) is 101 cm³/mol. The van der Waals surface area contributed by atoms with Crippen molar-refractivity contribution in [3.05, 3.63) is 47.3 Å². The van der Waals surface area contributed by atoms with Gasteiger partial charge < -0.3 is 5.32 Å². The summed E-state index contributed by atoms with van der Waals surface area (Å²) in [5.74, 6) is -0.0952. The van der Waals surface area contributed by atoms with Crippen molar-refractivity contribution in [3.8, 4) is 0 Å². The third-order valence-corrected chi connectivity index (χ3v) is 7.70. The summed E-state index contributed by atoms with van der Waals surface area (Å²) >= 11 is 1.19. The number of rotatable bonds is 5. The predicted octanol–water partition coefficient (Wildman–Crippen LogP) is 3.64. The summed E-state index contributed by atoms with van der Waals surface area (Å²) in [5.41, 5.74) is 1.08. The second-order valence-electron chi connectivity index (χ2n) is 6.26. The first-order chi connectivity index (χ1) is 12.0. The summed E-state index contributed by atoms with van der Waals surface area (Å²) in [6.07, 6.45) is 5.63. The minimum Gasteiger partial charge on any atom is -0.349 e. The van der Waals surface area contributed by atoms with E-state index in [0.717, 1.165) is 25.7 Å². The fourth-order valence-corrected chi connectivity index (χ4v) is 5.38. The molecule has 0 atom stereocenters. The van der Waals surface area contributed by atoms with Crippen molar-refractivity contribution in [2.75, 3.05) is 11.4 Å². The zero-order chi connectivity index (χ0) is 17.9. The number of carbonyl (C=O) groups excluding carboxylic acids is 1. The normalized spacial score (nSPS) is 15.7. The van der Waals surface area contributed by atoms with Crippen LogP contribution in [-0.2, 0) is 10.0 Å². The van der Waals surface area contributed by atoms with E-state index in [1.165, 1.54) is 29.1 Å². The Morgan fingerprint density at radius 3 is 2.40 bits per heavy atom. The summed E-state index contributed by atoms with van der Waals surface area (Å²) in [7, 11) is -2.03. The van der Waals surface area contributed by atoms with Crippen molar-refractivity contribution in [1.29, 1.82) is 0 Å². The Kier molecular flexibility index (Phi) is 5.44. The molecule has 1 aliphatic carbocycles. The number of amides is 1. The van der Waals surface area contributed by atoms with Crippen LogP contribution in [0.25, 0.3) is 0 Å². The minimum absolute atomic E-state index is 0.0952. The van der Waals surface area contributed by atoms with Crippen molar-refractivity contribution in [2.45, 2.75) is 42.4 Å². The van der Waals surface area contributed by atoms with E-state index < -0.39 is 10.0 Å². The average Bonchev–Trinajstić information content (AvgIpc) is 3.17. The van der Waals surface area contributed by atoms with E-state index in [4.69, 9.17) is 0 Å². The highest BCUT2D eigenvalue weighted by atomic mass is 32.2. The van der Waals surface area contributed by atoms with Crippen LogP contribution in [0.2, 0.25) is 0 Å². The van der Waals surface area contributed by atoms with Gasteiger partial charge in [0, 0.05) is 18.7 Å². The molecule has 0 unspecified atom stereocenters. The maximum absolute atomic E-state index is 12.5. The molecule has 3 rings (SSSR count). The van der Waals surface area contributed by atoms with E-state index >= 15 is 0 Å². The molecule has 1 aromatic heterocycles. The Hall–Kier alpha value is -1.86. The summed E-state index contributed by atoms with van der Waals surface area (Å²) in [4.78, 5) is 12.3. The maximum atomic E-state index is 12.5. The van der Waals surface area contributed by atoms with Gasteiger partial charge in [-0.25, -0.2) is 8.42 Å². The third kappa shape index (κ3) is 4.04. The van der Waals surface area contributed by atoms with Crippen LogP contribution in [0, 0.1) is 0 Å². The minimum atomic E-state index is -3.55. The molecule has 25 heavy (non-hydrogen) atoms. The first-order valence-corrected chi connectivity index (χ1v) is 10.7. The Morgan fingerprint density at radius 1 is 1.12 bits per heavy atom. The first-order valence-electron chi connectivity index (χ1n) is 8.42. The van der Waals surface area contributed by atoms with Gasteiger partial charge >= 0.3 is 0 Å². The van der Waals surface area contributed by atoms with Crippen LogP contribution in [0.15, 0.2) is 46.0 Å². The molecule has 1 heterocycles. The van der Waals surface area contributed by atoms with Crippen LogP contribution in [-0.4, -0.2) is 27.4 Å². The largest absolute Gasteiger partial charge is 0.349 e. The van der Waals surface area contributed by atoms with Gasteiger partial charge in [-0.1, -0.05) is 25.3 Å². The summed E-state index contributed by atoms with van der Waals surface area (Å²) in [6.45, 7) is 0. The van der Waals surface area contributed by atoms with Crippen molar-refractivity contribution in [2.24, 2.45) is 0 Å². The van der Waals surface area contributed by atoms with Gasteiger partial charge in [0.2, 0.25) is 0 Å². The molecular weight excluding hydrogens is 356 g/mol. The molecule has 134 valence electrons. The molecule has 1 N–H and O–H groups in total. The lowest BCUT2D eigenvalue weighted by Gasteiger charge is -2.23. The second-order valence-corrected chi connectivity index (χ2v) is 9.40. The van der Waals surface area contributed by atoms with E-state index in [0.29, 0.717) is 15.5 Å². The van der Waals surface area contributed by atoms with Crippen LogP contribution in [0.1, 0.15) is 42.5 Å². The van der Waals surface area contributed by atoms with Gasteiger partial charge in [-0.3, -0.25) is 9.10 Å². The maximum Gasteiger partial charge on any atom is 0.273 e. The van der Waals surface area contributed by atoms with Gasteiger partial charge in [0.25, 0.3) is 15.9 Å². The molecule has 1 aromatic carbocycles. The number of carbonyl (C=O) groups is 1. The van der Waals surface area contributed by atoms with E-state index in [1.54, 1.807) is 41.8 Å². The van der Waals surface area contributed by atoms with Gasteiger partial charge in [-0.2, -0.15) is 0 Å². The van der Waals surface area contributed by atoms with Crippen LogP contribution in [0.5, 0.6) is 0 Å². The SMILES string of the molecule is CN(c1ccc(C(=O)NC2CCCCC2)cc1)S(=O)(=O)c1cccs1. The van der Waals surface area contributed by atoms with Gasteiger partial charge in [-0.15, -0.1) is 11.3 Å². The number of sulfonamides is 1. The number of nitrogens with one attached hydrogen (secondary N) is 1. The number of nitrogens with zero attached hydrogens (tertiary/aromatic N) is 1. The molecule has 1 aliphatic rings. The summed E-state index contributed by atoms with van der Waals surface area (Å²) < 4.78 is 26.6. The molecule has 5 nitrogen and oxygen atoms in total. The lowest BCUT2D eigenvalue weighted by molar-refractivity contribution is 0.0927. The monoisotopic (exact) mass is 378 g/mol. The van der Waals surface area contributed by atoms with Gasteiger partial charge in [0.1, 0.15) is 4.21 Å². The highest BCUT2D eigenvalue weighted by Crippen LogP contribution is 2.25. The van der Waals surface area contributed by atoms with E-state index in [2.05, 4.69) is 5.32 Å². The topological polar surface area (TPSA) is 66.5 Å². The fourth-order valence-electron chi connectivity index (χ4n) is 3.02. The molecule has 0 aliphatic heterocycles. The lowest BCUT2D eigenvalue weighted by atomic mass is 9.95. The summed E-state index contributed by atoms with van der Waals surface area (Å²) in [5, 5.41) is 4.80. The Balaban J connectivity index is 1.70. The average molecular weight is 379 g/mol. The molecule has 0 radical (unpaired) electrons.